The van der Waals surface area contributed by atoms with E-state index >= 15 is 0 Å². The Hall–Kier alpha value is -1.77. The summed E-state index contributed by atoms with van der Waals surface area (Å²) < 4.78 is 0. The van der Waals surface area contributed by atoms with Crippen LogP contribution in [0.3, 0.4) is 0 Å². The van der Waals surface area contributed by atoms with Crippen LogP contribution in [0.5, 0.6) is 5.75 Å². The van der Waals surface area contributed by atoms with Gasteiger partial charge in [0, 0.05) is 6.08 Å². The Morgan fingerprint density at radius 1 is 1.25 bits per heavy atom. The summed E-state index contributed by atoms with van der Waals surface area (Å²) >= 11 is 0. The first-order valence-corrected chi connectivity index (χ1v) is 3.36. The zero-order valence-electron chi connectivity index (χ0n) is 6.23. The molecule has 0 atom stereocenters. The molecule has 0 aromatic heterocycles. The van der Waals surface area contributed by atoms with Crippen LogP contribution in [0.4, 0.5) is 0 Å². The quantitative estimate of drug-likeness (QED) is 0.669. The van der Waals surface area contributed by atoms with E-state index in [1.54, 1.807) is 12.1 Å². The molecule has 0 fully saturated rings. The molecular formula is C9H7O3. The molecule has 0 aliphatic rings. The lowest BCUT2D eigenvalue weighted by Gasteiger charge is -1.91. The van der Waals surface area contributed by atoms with E-state index in [0.29, 0.717) is 5.56 Å². The Bertz CT molecular complexity index is 298. The van der Waals surface area contributed by atoms with Crippen LogP contribution in [0.2, 0.25) is 0 Å². The largest absolute Gasteiger partial charge is 0.508 e. The molecule has 1 aromatic carbocycles. The van der Waals surface area contributed by atoms with E-state index in [-0.39, 0.29) is 5.75 Å². The molecular weight excluding hydrogens is 156 g/mol. The third-order valence-electron chi connectivity index (χ3n) is 1.30. The van der Waals surface area contributed by atoms with Gasteiger partial charge in [-0.1, -0.05) is 12.1 Å². The average Bonchev–Trinajstić information content (AvgIpc) is 2.03. The lowest BCUT2D eigenvalue weighted by Crippen LogP contribution is -1.82. The summed E-state index contributed by atoms with van der Waals surface area (Å²) in [5, 5.41) is 18.9. The predicted octanol–water partition coefficient (Wildman–Crippen LogP) is 1.36. The first-order valence-electron chi connectivity index (χ1n) is 3.36. The van der Waals surface area contributed by atoms with Crippen molar-refractivity contribution in [3.63, 3.8) is 0 Å². The van der Waals surface area contributed by atoms with Gasteiger partial charge in [0.15, 0.2) is 0 Å². The summed E-state index contributed by atoms with van der Waals surface area (Å²) in [6.45, 7) is 0. The molecule has 3 heteroatoms. The van der Waals surface area contributed by atoms with E-state index in [1.165, 1.54) is 18.2 Å². The van der Waals surface area contributed by atoms with Crippen molar-refractivity contribution in [2.75, 3.05) is 0 Å². The molecule has 61 valence electrons. The Balaban J connectivity index is 2.77. The Kier molecular flexibility index (Phi) is 2.48. The smallest absolute Gasteiger partial charge is 0.379 e. The summed E-state index contributed by atoms with van der Waals surface area (Å²) in [4.78, 5) is 9.99. The third kappa shape index (κ3) is 2.46. The van der Waals surface area contributed by atoms with Crippen molar-refractivity contribution in [3.05, 3.63) is 35.9 Å². The number of carbonyl (C=O) groups excluding carboxylic acids is 1. The van der Waals surface area contributed by atoms with E-state index < -0.39 is 5.97 Å². The molecule has 1 aromatic rings. The van der Waals surface area contributed by atoms with Crippen molar-refractivity contribution in [3.8, 4) is 5.75 Å². The number of aromatic hydroxyl groups is 1. The average molecular weight is 163 g/mol. The standard InChI is InChI=1S/C9H7O3/c10-8-4-1-7(2-5-8)3-6-9(11)12/h1-6,10H. The van der Waals surface area contributed by atoms with Crippen LogP contribution in [0.1, 0.15) is 5.56 Å². The van der Waals surface area contributed by atoms with Crippen LogP contribution >= 0.6 is 0 Å². The monoisotopic (exact) mass is 163 g/mol. The Morgan fingerprint density at radius 2 is 1.83 bits per heavy atom. The minimum absolute atomic E-state index is 0.153. The molecule has 3 nitrogen and oxygen atoms in total. The van der Waals surface area contributed by atoms with Crippen LogP contribution in [-0.4, -0.2) is 11.1 Å². The first kappa shape index (κ1) is 8.33. The van der Waals surface area contributed by atoms with E-state index in [1.807, 2.05) is 0 Å². The van der Waals surface area contributed by atoms with Crippen molar-refractivity contribution < 1.29 is 15.0 Å². The number of benzene rings is 1. The fourth-order valence-electron chi connectivity index (χ4n) is 0.750. The second kappa shape index (κ2) is 3.57. The summed E-state index contributed by atoms with van der Waals surface area (Å²) in [6, 6.07) is 6.17. The van der Waals surface area contributed by atoms with Gasteiger partial charge in [-0.25, -0.2) is 9.90 Å². The molecule has 1 radical (unpaired) electrons. The molecule has 0 saturated carbocycles. The van der Waals surface area contributed by atoms with Crippen molar-refractivity contribution in [1.29, 1.82) is 0 Å². The Labute approximate surface area is 69.6 Å². The van der Waals surface area contributed by atoms with Gasteiger partial charge in [0.2, 0.25) is 0 Å². The molecule has 12 heavy (non-hydrogen) atoms. The molecule has 1 rings (SSSR count). The predicted molar refractivity (Wildman–Crippen MR) is 42.8 cm³/mol. The van der Waals surface area contributed by atoms with Crippen LogP contribution in [-0.2, 0) is 9.90 Å². The van der Waals surface area contributed by atoms with Crippen molar-refractivity contribution in [2.24, 2.45) is 0 Å². The molecule has 0 unspecified atom stereocenters. The van der Waals surface area contributed by atoms with Gasteiger partial charge in [0.25, 0.3) is 0 Å². The highest BCUT2D eigenvalue weighted by atomic mass is 16.4. The number of phenolic OH excluding ortho intramolecular Hbond substituents is 1. The van der Waals surface area contributed by atoms with E-state index in [2.05, 4.69) is 0 Å². The van der Waals surface area contributed by atoms with Crippen LogP contribution < -0.4 is 0 Å². The summed E-state index contributed by atoms with van der Waals surface area (Å²) in [5.74, 6) is -1.08. The fraction of sp³-hybridized carbons (Fsp3) is 0. The SMILES string of the molecule is [O]C(=O)C=Cc1ccc(O)cc1. The van der Waals surface area contributed by atoms with Gasteiger partial charge in [0.1, 0.15) is 5.75 Å². The number of hydrogen-bond acceptors (Lipinski definition) is 2. The van der Waals surface area contributed by atoms with Crippen LogP contribution in [0, 0.1) is 0 Å². The molecule has 1 N–H and O–H groups in total. The highest BCUT2D eigenvalue weighted by molar-refractivity contribution is 5.84. The normalized spacial score (nSPS) is 10.3. The summed E-state index contributed by atoms with van der Waals surface area (Å²) in [6.07, 6.45) is 2.33. The maximum Gasteiger partial charge on any atom is 0.379 e. The maximum absolute atomic E-state index is 9.99. The first-order chi connectivity index (χ1) is 5.68. The van der Waals surface area contributed by atoms with E-state index in [4.69, 9.17) is 5.11 Å². The van der Waals surface area contributed by atoms with Gasteiger partial charge in [-0.05, 0) is 23.8 Å². The van der Waals surface area contributed by atoms with Crippen LogP contribution in [0.15, 0.2) is 30.3 Å². The Morgan fingerprint density at radius 3 is 2.33 bits per heavy atom. The number of phenols is 1. The molecule has 0 aliphatic heterocycles. The second-order valence-electron chi connectivity index (χ2n) is 2.24. The zero-order chi connectivity index (χ0) is 8.97. The minimum Gasteiger partial charge on any atom is -0.508 e. The minimum atomic E-state index is -1.23. The summed E-state index contributed by atoms with van der Waals surface area (Å²) in [7, 11) is 0. The van der Waals surface area contributed by atoms with Gasteiger partial charge in [-0.15, -0.1) is 0 Å². The fourth-order valence-corrected chi connectivity index (χ4v) is 0.750. The van der Waals surface area contributed by atoms with E-state index in [0.717, 1.165) is 6.08 Å². The van der Waals surface area contributed by atoms with E-state index in [9.17, 15) is 9.90 Å². The maximum atomic E-state index is 9.99. The topological polar surface area (TPSA) is 57.2 Å². The van der Waals surface area contributed by atoms with Gasteiger partial charge in [-0.2, -0.15) is 0 Å². The zero-order valence-corrected chi connectivity index (χ0v) is 6.23. The molecule has 0 bridgehead atoms. The highest BCUT2D eigenvalue weighted by Crippen LogP contribution is 2.10. The highest BCUT2D eigenvalue weighted by Gasteiger charge is 1.91. The molecule has 0 saturated heterocycles. The molecule has 0 spiro atoms. The number of carbonyl (C=O) groups is 1. The number of rotatable bonds is 2. The van der Waals surface area contributed by atoms with Crippen molar-refractivity contribution >= 4 is 12.0 Å². The van der Waals surface area contributed by atoms with Crippen molar-refractivity contribution in [1.82, 2.24) is 0 Å². The molecule has 0 heterocycles. The number of hydrogen-bond donors (Lipinski definition) is 1. The van der Waals surface area contributed by atoms with Crippen LogP contribution in [0.25, 0.3) is 6.08 Å². The third-order valence-corrected chi connectivity index (χ3v) is 1.30. The van der Waals surface area contributed by atoms with Gasteiger partial charge in [-0.3, -0.25) is 0 Å². The second-order valence-corrected chi connectivity index (χ2v) is 2.24. The van der Waals surface area contributed by atoms with Gasteiger partial charge < -0.3 is 5.11 Å². The lowest BCUT2D eigenvalue weighted by molar-refractivity contribution is -0.137. The summed E-state index contributed by atoms with van der Waals surface area (Å²) in [5.41, 5.74) is 0.706. The molecule has 0 amide bonds. The molecule has 0 aliphatic carbocycles. The van der Waals surface area contributed by atoms with Crippen molar-refractivity contribution in [2.45, 2.75) is 0 Å². The van der Waals surface area contributed by atoms with Gasteiger partial charge >= 0.3 is 5.97 Å². The lowest BCUT2D eigenvalue weighted by atomic mass is 10.2. The van der Waals surface area contributed by atoms with Gasteiger partial charge in [0.05, 0.1) is 0 Å².